The molecule has 0 saturated heterocycles. The average Bonchev–Trinajstić information content (AvgIpc) is 2.73. The SMILES string of the molecule is NC1CCCc2c1ccn2-c1c(Cl)cc(Cl)cc1Cl. The molecule has 1 atom stereocenters. The zero-order valence-corrected chi connectivity index (χ0v) is 12.4. The fraction of sp³-hybridized carbons (Fsp3) is 0.286. The Morgan fingerprint density at radius 1 is 1.16 bits per heavy atom. The molecule has 1 aromatic heterocycles. The van der Waals surface area contributed by atoms with E-state index in [1.54, 1.807) is 12.1 Å². The van der Waals surface area contributed by atoms with Crippen molar-refractivity contribution in [3.05, 3.63) is 50.7 Å². The van der Waals surface area contributed by atoms with Crippen LogP contribution in [0.5, 0.6) is 0 Å². The van der Waals surface area contributed by atoms with Crippen LogP contribution in [0.25, 0.3) is 5.69 Å². The molecule has 1 heterocycles. The molecular weight excluding hydrogens is 303 g/mol. The van der Waals surface area contributed by atoms with Gasteiger partial charge in [0.05, 0.1) is 15.7 Å². The van der Waals surface area contributed by atoms with Crippen molar-refractivity contribution in [2.75, 3.05) is 0 Å². The zero-order chi connectivity index (χ0) is 13.6. The number of hydrogen-bond donors (Lipinski definition) is 1. The van der Waals surface area contributed by atoms with Crippen LogP contribution in [-0.4, -0.2) is 4.57 Å². The summed E-state index contributed by atoms with van der Waals surface area (Å²) in [5.74, 6) is 0. The summed E-state index contributed by atoms with van der Waals surface area (Å²) in [5.41, 5.74) is 9.31. The van der Waals surface area contributed by atoms with Crippen LogP contribution in [0.3, 0.4) is 0 Å². The highest BCUT2D eigenvalue weighted by molar-refractivity contribution is 6.40. The highest BCUT2D eigenvalue weighted by Gasteiger charge is 2.22. The lowest BCUT2D eigenvalue weighted by Gasteiger charge is -2.21. The molecule has 0 saturated carbocycles. The lowest BCUT2D eigenvalue weighted by atomic mass is 9.93. The largest absolute Gasteiger partial charge is 0.324 e. The molecule has 100 valence electrons. The minimum atomic E-state index is 0.106. The predicted molar refractivity (Wildman–Crippen MR) is 80.7 cm³/mol. The Balaban J connectivity index is 2.19. The van der Waals surface area contributed by atoms with E-state index in [2.05, 4.69) is 6.07 Å². The maximum absolute atomic E-state index is 6.28. The Morgan fingerprint density at radius 3 is 2.53 bits per heavy atom. The van der Waals surface area contributed by atoms with Crippen molar-refractivity contribution in [1.29, 1.82) is 0 Å². The normalized spacial score (nSPS) is 18.4. The number of fused-ring (bicyclic) bond motifs is 1. The minimum Gasteiger partial charge on any atom is -0.324 e. The van der Waals surface area contributed by atoms with Gasteiger partial charge in [-0.3, -0.25) is 0 Å². The van der Waals surface area contributed by atoms with E-state index in [-0.39, 0.29) is 6.04 Å². The number of benzene rings is 1. The fourth-order valence-corrected chi connectivity index (χ4v) is 3.70. The molecule has 0 radical (unpaired) electrons. The van der Waals surface area contributed by atoms with E-state index >= 15 is 0 Å². The Labute approximate surface area is 127 Å². The first-order chi connectivity index (χ1) is 9.08. The highest BCUT2D eigenvalue weighted by atomic mass is 35.5. The molecule has 0 amide bonds. The number of nitrogens with zero attached hydrogens (tertiary/aromatic N) is 1. The van der Waals surface area contributed by atoms with Crippen molar-refractivity contribution in [3.63, 3.8) is 0 Å². The van der Waals surface area contributed by atoms with Crippen LogP contribution >= 0.6 is 34.8 Å². The monoisotopic (exact) mass is 314 g/mol. The molecule has 0 fully saturated rings. The quantitative estimate of drug-likeness (QED) is 0.807. The van der Waals surface area contributed by atoms with Gasteiger partial charge in [0.15, 0.2) is 0 Å². The van der Waals surface area contributed by atoms with Gasteiger partial charge in [-0.25, -0.2) is 0 Å². The van der Waals surface area contributed by atoms with Gasteiger partial charge in [-0.1, -0.05) is 34.8 Å². The van der Waals surface area contributed by atoms with Crippen LogP contribution in [0.15, 0.2) is 24.4 Å². The van der Waals surface area contributed by atoms with Crippen molar-refractivity contribution in [2.45, 2.75) is 25.3 Å². The molecule has 19 heavy (non-hydrogen) atoms. The van der Waals surface area contributed by atoms with E-state index in [4.69, 9.17) is 40.5 Å². The molecule has 0 aliphatic heterocycles. The Hall–Kier alpha value is -0.670. The summed E-state index contributed by atoms with van der Waals surface area (Å²) in [4.78, 5) is 0. The summed E-state index contributed by atoms with van der Waals surface area (Å²) < 4.78 is 2.04. The molecule has 2 aromatic rings. The van der Waals surface area contributed by atoms with E-state index in [9.17, 15) is 0 Å². The van der Waals surface area contributed by atoms with Crippen molar-refractivity contribution in [1.82, 2.24) is 4.57 Å². The van der Waals surface area contributed by atoms with Gasteiger partial charge in [-0.15, -0.1) is 0 Å². The van der Waals surface area contributed by atoms with Gasteiger partial charge in [-0.05, 0) is 43.0 Å². The molecule has 1 aromatic carbocycles. The van der Waals surface area contributed by atoms with E-state index in [1.807, 2.05) is 10.8 Å². The third-order valence-electron chi connectivity index (χ3n) is 3.58. The highest BCUT2D eigenvalue weighted by Crippen LogP contribution is 2.37. The summed E-state index contributed by atoms with van der Waals surface area (Å²) in [6.45, 7) is 0. The number of aromatic nitrogens is 1. The molecule has 1 aliphatic rings. The number of hydrogen-bond acceptors (Lipinski definition) is 1. The van der Waals surface area contributed by atoms with Crippen LogP contribution in [0.4, 0.5) is 0 Å². The molecule has 1 unspecified atom stereocenters. The number of rotatable bonds is 1. The van der Waals surface area contributed by atoms with Crippen molar-refractivity contribution >= 4 is 34.8 Å². The van der Waals surface area contributed by atoms with Crippen molar-refractivity contribution < 1.29 is 0 Å². The maximum atomic E-state index is 6.28. The first-order valence-corrected chi connectivity index (χ1v) is 7.32. The predicted octanol–water partition coefficient (Wildman–Crippen LogP) is 4.77. The van der Waals surface area contributed by atoms with Gasteiger partial charge >= 0.3 is 0 Å². The van der Waals surface area contributed by atoms with E-state index in [1.165, 1.54) is 11.3 Å². The summed E-state index contributed by atoms with van der Waals surface area (Å²) in [7, 11) is 0. The Bertz CT molecular complexity index is 611. The first-order valence-electron chi connectivity index (χ1n) is 6.18. The first kappa shape index (κ1) is 13.3. The maximum Gasteiger partial charge on any atom is 0.0829 e. The molecule has 2 N–H and O–H groups in total. The summed E-state index contributed by atoms with van der Waals surface area (Å²) in [5, 5.41) is 1.64. The van der Waals surface area contributed by atoms with E-state index < -0.39 is 0 Å². The van der Waals surface area contributed by atoms with E-state index in [0.717, 1.165) is 24.9 Å². The summed E-state index contributed by atoms with van der Waals surface area (Å²) in [6, 6.07) is 5.58. The van der Waals surface area contributed by atoms with Crippen LogP contribution < -0.4 is 5.73 Å². The summed E-state index contributed by atoms with van der Waals surface area (Å²) >= 11 is 18.5. The van der Waals surface area contributed by atoms with Gasteiger partial charge in [0.1, 0.15) is 0 Å². The lowest BCUT2D eigenvalue weighted by Crippen LogP contribution is -2.18. The van der Waals surface area contributed by atoms with Gasteiger partial charge in [0.2, 0.25) is 0 Å². The Kier molecular flexibility index (Phi) is 3.52. The minimum absolute atomic E-state index is 0.106. The van der Waals surface area contributed by atoms with E-state index in [0.29, 0.717) is 15.1 Å². The molecule has 0 spiro atoms. The molecule has 2 nitrogen and oxygen atoms in total. The van der Waals surface area contributed by atoms with Crippen molar-refractivity contribution in [2.24, 2.45) is 5.73 Å². The topological polar surface area (TPSA) is 30.9 Å². The van der Waals surface area contributed by atoms with Crippen LogP contribution in [0.2, 0.25) is 15.1 Å². The third kappa shape index (κ3) is 2.27. The van der Waals surface area contributed by atoms with Gasteiger partial charge in [-0.2, -0.15) is 0 Å². The van der Waals surface area contributed by atoms with Crippen LogP contribution in [0.1, 0.15) is 30.1 Å². The second-order valence-corrected chi connectivity index (χ2v) is 6.06. The molecule has 5 heteroatoms. The van der Waals surface area contributed by atoms with Gasteiger partial charge < -0.3 is 10.3 Å². The van der Waals surface area contributed by atoms with Gasteiger partial charge in [0, 0.05) is 23.0 Å². The molecule has 3 rings (SSSR count). The standard InChI is InChI=1S/C14H13Cl3N2/c15-8-6-10(16)14(11(17)7-8)19-5-4-9-12(18)2-1-3-13(9)19/h4-7,12H,1-3,18H2. The average molecular weight is 316 g/mol. The van der Waals surface area contributed by atoms with Gasteiger partial charge in [0.25, 0.3) is 0 Å². The zero-order valence-electron chi connectivity index (χ0n) is 10.2. The second kappa shape index (κ2) is 5.02. The summed E-state index contributed by atoms with van der Waals surface area (Å²) in [6.07, 6.45) is 5.09. The molecular formula is C14H13Cl3N2. The smallest absolute Gasteiger partial charge is 0.0829 e. The van der Waals surface area contributed by atoms with Crippen LogP contribution in [-0.2, 0) is 6.42 Å². The third-order valence-corrected chi connectivity index (χ3v) is 4.37. The fourth-order valence-electron chi connectivity index (χ4n) is 2.70. The molecule has 1 aliphatic carbocycles. The second-order valence-electron chi connectivity index (χ2n) is 4.80. The Morgan fingerprint density at radius 2 is 1.84 bits per heavy atom. The lowest BCUT2D eigenvalue weighted by molar-refractivity contribution is 0.560. The van der Waals surface area contributed by atoms with Crippen molar-refractivity contribution in [3.8, 4) is 5.69 Å². The number of halogens is 3. The van der Waals surface area contributed by atoms with Crippen LogP contribution in [0, 0.1) is 0 Å². The number of nitrogens with two attached hydrogens (primary N) is 1. The molecule has 0 bridgehead atoms.